The van der Waals surface area contributed by atoms with Crippen molar-refractivity contribution in [3.05, 3.63) is 22.7 Å². The van der Waals surface area contributed by atoms with Crippen LogP contribution in [0.5, 0.6) is 11.5 Å². The molecule has 0 atom stereocenters. The highest BCUT2D eigenvalue weighted by molar-refractivity contribution is 6.32. The zero-order chi connectivity index (χ0) is 10.7. The maximum atomic E-state index is 8.61. The van der Waals surface area contributed by atoms with Gasteiger partial charge in [-0.3, -0.25) is 0 Å². The summed E-state index contributed by atoms with van der Waals surface area (Å²) in [5.41, 5.74) is 2.93. The molecule has 0 bridgehead atoms. The minimum Gasteiger partial charge on any atom is -0.489 e. The normalized spacial score (nSPS) is 14.8. The highest BCUT2D eigenvalue weighted by Gasteiger charge is 2.15. The van der Waals surface area contributed by atoms with Gasteiger partial charge in [0.2, 0.25) is 0 Å². The van der Waals surface area contributed by atoms with Crippen LogP contribution in [-0.4, -0.2) is 18.4 Å². The van der Waals surface area contributed by atoms with Crippen molar-refractivity contribution in [3.63, 3.8) is 0 Å². The van der Waals surface area contributed by atoms with Gasteiger partial charge in [-0.25, -0.2) is 5.48 Å². The lowest BCUT2D eigenvalue weighted by atomic mass is 10.2. The van der Waals surface area contributed by atoms with Gasteiger partial charge in [0, 0.05) is 13.0 Å². The van der Waals surface area contributed by atoms with E-state index < -0.39 is 0 Å². The molecule has 1 aromatic carbocycles. The Labute approximate surface area is 92.7 Å². The maximum Gasteiger partial charge on any atom is 0.179 e. The van der Waals surface area contributed by atoms with Gasteiger partial charge in [0.15, 0.2) is 11.5 Å². The first-order valence-electron chi connectivity index (χ1n) is 4.76. The third-order valence-electron chi connectivity index (χ3n) is 2.15. The lowest BCUT2D eigenvalue weighted by molar-refractivity contribution is 0.161. The SMILES string of the molecule is ONCc1cc(Cl)c2c(c1)OCCCO2. The van der Waals surface area contributed by atoms with Crippen molar-refractivity contribution >= 4 is 11.6 Å². The first-order chi connectivity index (χ1) is 7.31. The van der Waals surface area contributed by atoms with Crippen molar-refractivity contribution in [1.82, 2.24) is 5.48 Å². The summed E-state index contributed by atoms with van der Waals surface area (Å²) in [5, 5.41) is 9.12. The molecular formula is C10H12ClNO3. The molecular weight excluding hydrogens is 218 g/mol. The highest BCUT2D eigenvalue weighted by Crippen LogP contribution is 2.37. The van der Waals surface area contributed by atoms with Crippen molar-refractivity contribution in [1.29, 1.82) is 0 Å². The predicted molar refractivity (Wildman–Crippen MR) is 55.7 cm³/mol. The molecule has 0 spiro atoms. The summed E-state index contributed by atoms with van der Waals surface area (Å²) in [6.07, 6.45) is 0.846. The van der Waals surface area contributed by atoms with Crippen LogP contribution >= 0.6 is 11.6 Å². The Bertz CT molecular complexity index is 357. The topological polar surface area (TPSA) is 50.7 Å². The quantitative estimate of drug-likeness (QED) is 0.762. The third-order valence-corrected chi connectivity index (χ3v) is 2.43. The van der Waals surface area contributed by atoms with Gasteiger partial charge in [-0.2, -0.15) is 0 Å². The molecule has 0 aromatic heterocycles. The van der Waals surface area contributed by atoms with Gasteiger partial charge < -0.3 is 14.7 Å². The predicted octanol–water partition coefficient (Wildman–Crippen LogP) is 1.98. The van der Waals surface area contributed by atoms with Gasteiger partial charge in [0.1, 0.15) is 0 Å². The Kier molecular flexibility index (Phi) is 3.30. The van der Waals surface area contributed by atoms with E-state index in [4.69, 9.17) is 26.3 Å². The van der Waals surface area contributed by atoms with E-state index >= 15 is 0 Å². The number of hydrogen-bond donors (Lipinski definition) is 2. The summed E-state index contributed by atoms with van der Waals surface area (Å²) in [6, 6.07) is 3.56. The fourth-order valence-electron chi connectivity index (χ4n) is 1.48. The highest BCUT2D eigenvalue weighted by atomic mass is 35.5. The first-order valence-corrected chi connectivity index (χ1v) is 5.14. The number of fused-ring (bicyclic) bond motifs is 1. The van der Waals surface area contributed by atoms with Crippen molar-refractivity contribution in [2.24, 2.45) is 0 Å². The van der Waals surface area contributed by atoms with E-state index in [0.29, 0.717) is 36.3 Å². The van der Waals surface area contributed by atoms with Gasteiger partial charge in [-0.1, -0.05) is 11.6 Å². The van der Waals surface area contributed by atoms with E-state index in [1.165, 1.54) is 0 Å². The average Bonchev–Trinajstić information content (AvgIpc) is 2.43. The number of halogens is 1. The van der Waals surface area contributed by atoms with Crippen molar-refractivity contribution < 1.29 is 14.7 Å². The van der Waals surface area contributed by atoms with Crippen LogP contribution in [0.1, 0.15) is 12.0 Å². The number of hydroxylamine groups is 1. The minimum atomic E-state index is 0.330. The molecule has 82 valence electrons. The van der Waals surface area contributed by atoms with E-state index in [1.54, 1.807) is 6.07 Å². The Morgan fingerprint density at radius 3 is 2.93 bits per heavy atom. The largest absolute Gasteiger partial charge is 0.489 e. The second kappa shape index (κ2) is 4.70. The number of nitrogens with one attached hydrogen (secondary N) is 1. The van der Waals surface area contributed by atoms with Crippen LogP contribution in [0.4, 0.5) is 0 Å². The molecule has 1 aliphatic heterocycles. The van der Waals surface area contributed by atoms with Crippen molar-refractivity contribution in [2.45, 2.75) is 13.0 Å². The van der Waals surface area contributed by atoms with Gasteiger partial charge in [-0.15, -0.1) is 0 Å². The average molecular weight is 230 g/mol. The molecule has 1 heterocycles. The van der Waals surface area contributed by atoms with Crippen molar-refractivity contribution in [2.75, 3.05) is 13.2 Å². The van der Waals surface area contributed by atoms with Crippen LogP contribution in [0, 0.1) is 0 Å². The second-order valence-electron chi connectivity index (χ2n) is 3.29. The zero-order valence-electron chi connectivity index (χ0n) is 8.12. The molecule has 0 saturated heterocycles. The molecule has 0 unspecified atom stereocenters. The molecule has 15 heavy (non-hydrogen) atoms. The molecule has 1 aliphatic rings. The van der Waals surface area contributed by atoms with Crippen LogP contribution in [0.2, 0.25) is 5.02 Å². The molecule has 0 radical (unpaired) electrons. The molecule has 2 rings (SSSR count). The molecule has 0 saturated carbocycles. The molecule has 0 fully saturated rings. The second-order valence-corrected chi connectivity index (χ2v) is 3.70. The van der Waals surface area contributed by atoms with Crippen LogP contribution in [0.3, 0.4) is 0 Å². The summed E-state index contributed by atoms with van der Waals surface area (Å²) >= 11 is 6.04. The molecule has 4 nitrogen and oxygen atoms in total. The fourth-order valence-corrected chi connectivity index (χ4v) is 1.77. The molecule has 2 N–H and O–H groups in total. The summed E-state index contributed by atoms with van der Waals surface area (Å²) < 4.78 is 11.0. The zero-order valence-corrected chi connectivity index (χ0v) is 8.88. The van der Waals surface area contributed by atoms with Gasteiger partial charge in [0.25, 0.3) is 0 Å². The summed E-state index contributed by atoms with van der Waals surface area (Å²) in [6.45, 7) is 1.57. The molecule has 0 aliphatic carbocycles. The van der Waals surface area contributed by atoms with E-state index in [2.05, 4.69) is 5.48 Å². The van der Waals surface area contributed by atoms with Gasteiger partial charge in [0.05, 0.1) is 18.2 Å². The standard InChI is InChI=1S/C10H12ClNO3/c11-8-4-7(6-12-13)5-9-10(8)15-3-1-2-14-9/h4-5,12-13H,1-3,6H2. The molecule has 5 heteroatoms. The smallest absolute Gasteiger partial charge is 0.179 e. The number of ether oxygens (including phenoxy) is 2. The minimum absolute atomic E-state index is 0.330. The Balaban J connectivity index is 2.35. The van der Waals surface area contributed by atoms with E-state index in [0.717, 1.165) is 12.0 Å². The number of benzene rings is 1. The van der Waals surface area contributed by atoms with Crippen LogP contribution in [-0.2, 0) is 6.54 Å². The lowest BCUT2D eigenvalue weighted by Gasteiger charge is -2.10. The summed E-state index contributed by atoms with van der Waals surface area (Å²) in [4.78, 5) is 0. The Morgan fingerprint density at radius 1 is 1.33 bits per heavy atom. The van der Waals surface area contributed by atoms with Crippen LogP contribution in [0.15, 0.2) is 12.1 Å². The van der Waals surface area contributed by atoms with Crippen molar-refractivity contribution in [3.8, 4) is 11.5 Å². The number of hydrogen-bond acceptors (Lipinski definition) is 4. The van der Waals surface area contributed by atoms with E-state index in [1.807, 2.05) is 6.07 Å². The third kappa shape index (κ3) is 2.34. The van der Waals surface area contributed by atoms with Gasteiger partial charge in [-0.05, 0) is 17.7 Å². The Hall–Kier alpha value is -0.970. The Morgan fingerprint density at radius 2 is 2.13 bits per heavy atom. The van der Waals surface area contributed by atoms with E-state index in [-0.39, 0.29) is 0 Å². The van der Waals surface area contributed by atoms with Crippen LogP contribution in [0.25, 0.3) is 0 Å². The molecule has 0 amide bonds. The van der Waals surface area contributed by atoms with Gasteiger partial charge >= 0.3 is 0 Å². The summed E-state index contributed by atoms with van der Waals surface area (Å²) in [7, 11) is 0. The fraction of sp³-hybridized carbons (Fsp3) is 0.400. The maximum absolute atomic E-state index is 8.61. The molecule has 1 aromatic rings. The first kappa shape index (κ1) is 10.5. The lowest BCUT2D eigenvalue weighted by Crippen LogP contribution is -2.06. The monoisotopic (exact) mass is 229 g/mol. The summed E-state index contributed by atoms with van der Waals surface area (Å²) in [5.74, 6) is 1.24. The number of rotatable bonds is 2. The van der Waals surface area contributed by atoms with E-state index in [9.17, 15) is 0 Å². The van der Waals surface area contributed by atoms with Crippen LogP contribution < -0.4 is 15.0 Å².